The summed E-state index contributed by atoms with van der Waals surface area (Å²) in [5, 5.41) is 9.90. The van der Waals surface area contributed by atoms with Crippen LogP contribution >= 0.6 is 0 Å². The molecule has 0 spiro atoms. The summed E-state index contributed by atoms with van der Waals surface area (Å²) < 4.78 is 5.95. The molecule has 0 aromatic heterocycles. The molecule has 118 valence electrons. The number of aliphatic hydroxyl groups excluding tert-OH is 1. The summed E-state index contributed by atoms with van der Waals surface area (Å²) in [4.78, 5) is 15.0. The molecule has 1 N–H and O–H groups in total. The molecule has 2 aromatic carbocycles. The fraction of sp³-hybridized carbons (Fsp3) is 0.316. The summed E-state index contributed by atoms with van der Waals surface area (Å²) in [6, 6.07) is 15.4. The highest BCUT2D eigenvalue weighted by molar-refractivity contribution is 5.89. The zero-order valence-electron chi connectivity index (χ0n) is 12.8. The Balaban J connectivity index is 1.76. The first-order valence-corrected chi connectivity index (χ1v) is 8.06. The van der Waals surface area contributed by atoms with Crippen molar-refractivity contribution in [1.82, 2.24) is 4.90 Å². The SMILES string of the molecule is O=C(C1c2ccccc2Oc2ccccc21)N1CCCC(O)C1. The highest BCUT2D eigenvalue weighted by Gasteiger charge is 2.36. The third-order valence-electron chi connectivity index (χ3n) is 4.64. The quantitative estimate of drug-likeness (QED) is 0.881. The lowest BCUT2D eigenvalue weighted by atomic mass is 9.86. The molecule has 1 saturated heterocycles. The number of rotatable bonds is 1. The van der Waals surface area contributed by atoms with Gasteiger partial charge in [-0.2, -0.15) is 0 Å². The Bertz CT molecular complexity index is 697. The maximum Gasteiger partial charge on any atom is 0.234 e. The first kappa shape index (κ1) is 14.3. The fourth-order valence-corrected chi connectivity index (χ4v) is 3.51. The normalized spacial score (nSPS) is 20.4. The van der Waals surface area contributed by atoms with Crippen molar-refractivity contribution in [3.8, 4) is 11.5 Å². The van der Waals surface area contributed by atoms with Crippen LogP contribution in [-0.4, -0.2) is 35.1 Å². The molecule has 1 fully saturated rings. The summed E-state index contributed by atoms with van der Waals surface area (Å²) >= 11 is 0. The molecule has 0 bridgehead atoms. The number of ether oxygens (including phenoxy) is 1. The van der Waals surface area contributed by atoms with Gasteiger partial charge >= 0.3 is 0 Å². The van der Waals surface area contributed by atoms with Crippen molar-refractivity contribution in [1.29, 1.82) is 0 Å². The molecule has 2 aromatic rings. The third kappa shape index (κ3) is 2.49. The molecule has 1 amide bonds. The Hall–Kier alpha value is -2.33. The number of aliphatic hydroxyl groups is 1. The van der Waals surface area contributed by atoms with Gasteiger partial charge in [0.05, 0.1) is 12.0 Å². The number of hydrogen-bond acceptors (Lipinski definition) is 3. The summed E-state index contributed by atoms with van der Waals surface area (Å²) in [7, 11) is 0. The first-order valence-electron chi connectivity index (χ1n) is 8.06. The van der Waals surface area contributed by atoms with Crippen LogP contribution < -0.4 is 4.74 Å². The molecule has 2 aliphatic rings. The minimum Gasteiger partial charge on any atom is -0.457 e. The van der Waals surface area contributed by atoms with Gasteiger partial charge in [-0.1, -0.05) is 36.4 Å². The molecule has 0 radical (unpaired) electrons. The average molecular weight is 309 g/mol. The largest absolute Gasteiger partial charge is 0.457 e. The van der Waals surface area contributed by atoms with E-state index in [1.54, 1.807) is 4.90 Å². The number of piperidine rings is 1. The lowest BCUT2D eigenvalue weighted by molar-refractivity contribution is -0.135. The van der Waals surface area contributed by atoms with Gasteiger partial charge in [-0.3, -0.25) is 4.79 Å². The van der Waals surface area contributed by atoms with E-state index in [-0.39, 0.29) is 11.8 Å². The molecule has 0 saturated carbocycles. The zero-order chi connectivity index (χ0) is 15.8. The molecular weight excluding hydrogens is 290 g/mol. The number of carbonyl (C=O) groups is 1. The maximum atomic E-state index is 13.2. The van der Waals surface area contributed by atoms with Crippen molar-refractivity contribution in [3.63, 3.8) is 0 Å². The minimum absolute atomic E-state index is 0.0481. The van der Waals surface area contributed by atoms with Crippen molar-refractivity contribution in [2.75, 3.05) is 13.1 Å². The minimum atomic E-state index is -0.418. The predicted octanol–water partition coefficient (Wildman–Crippen LogP) is 2.91. The van der Waals surface area contributed by atoms with Gasteiger partial charge in [0.15, 0.2) is 0 Å². The van der Waals surface area contributed by atoms with Gasteiger partial charge in [-0.15, -0.1) is 0 Å². The van der Waals surface area contributed by atoms with Gasteiger partial charge in [-0.25, -0.2) is 0 Å². The van der Waals surface area contributed by atoms with E-state index < -0.39 is 6.10 Å². The lowest BCUT2D eigenvalue weighted by Crippen LogP contribution is -2.44. The Morgan fingerprint density at radius 3 is 2.26 bits per heavy atom. The van der Waals surface area contributed by atoms with Crippen LogP contribution in [0, 0.1) is 0 Å². The molecule has 2 aliphatic heterocycles. The van der Waals surface area contributed by atoms with Gasteiger partial charge in [0, 0.05) is 24.2 Å². The molecular formula is C19H19NO3. The van der Waals surface area contributed by atoms with Crippen molar-refractivity contribution < 1.29 is 14.6 Å². The van der Waals surface area contributed by atoms with Crippen LogP contribution in [0.25, 0.3) is 0 Å². The van der Waals surface area contributed by atoms with E-state index >= 15 is 0 Å². The highest BCUT2D eigenvalue weighted by atomic mass is 16.5. The van der Waals surface area contributed by atoms with Crippen molar-refractivity contribution in [3.05, 3.63) is 59.7 Å². The highest BCUT2D eigenvalue weighted by Crippen LogP contribution is 2.44. The van der Waals surface area contributed by atoms with E-state index in [2.05, 4.69) is 0 Å². The van der Waals surface area contributed by atoms with E-state index in [9.17, 15) is 9.90 Å². The third-order valence-corrected chi connectivity index (χ3v) is 4.64. The number of hydrogen-bond donors (Lipinski definition) is 1. The van der Waals surface area contributed by atoms with E-state index in [0.717, 1.165) is 35.5 Å². The summed E-state index contributed by atoms with van der Waals surface area (Å²) in [6.45, 7) is 1.12. The van der Waals surface area contributed by atoms with Gasteiger partial charge in [0.1, 0.15) is 11.5 Å². The number of amides is 1. The van der Waals surface area contributed by atoms with Crippen LogP contribution in [0.3, 0.4) is 0 Å². The smallest absolute Gasteiger partial charge is 0.234 e. The average Bonchev–Trinajstić information content (AvgIpc) is 2.59. The number of nitrogens with zero attached hydrogens (tertiary/aromatic N) is 1. The number of carbonyl (C=O) groups excluding carboxylic acids is 1. The molecule has 23 heavy (non-hydrogen) atoms. The van der Waals surface area contributed by atoms with Crippen LogP contribution in [0.1, 0.15) is 29.9 Å². The second-order valence-electron chi connectivity index (χ2n) is 6.19. The molecule has 0 aliphatic carbocycles. The zero-order valence-corrected chi connectivity index (χ0v) is 12.8. The summed E-state index contributed by atoms with van der Waals surface area (Å²) in [5.74, 6) is 1.16. The number of likely N-dealkylation sites (tertiary alicyclic amines) is 1. The van der Waals surface area contributed by atoms with Crippen LogP contribution in [0.5, 0.6) is 11.5 Å². The molecule has 4 rings (SSSR count). The van der Waals surface area contributed by atoms with E-state index in [0.29, 0.717) is 13.1 Å². The van der Waals surface area contributed by atoms with Gasteiger partial charge in [0.2, 0.25) is 5.91 Å². The standard InChI is InChI=1S/C19H19NO3/c21-13-6-5-11-20(12-13)19(22)18-14-7-1-3-9-16(14)23-17-10-4-2-8-15(17)18/h1-4,7-10,13,18,21H,5-6,11-12H2. The number of fused-ring (bicyclic) bond motifs is 2. The summed E-state index contributed by atoms with van der Waals surface area (Å²) in [6.07, 6.45) is 1.20. The first-order chi connectivity index (χ1) is 11.2. The molecule has 2 heterocycles. The monoisotopic (exact) mass is 309 g/mol. The predicted molar refractivity (Wildman–Crippen MR) is 86.6 cm³/mol. The maximum absolute atomic E-state index is 13.2. The van der Waals surface area contributed by atoms with Crippen molar-refractivity contribution >= 4 is 5.91 Å². The molecule has 1 unspecified atom stereocenters. The molecule has 4 heteroatoms. The number of benzene rings is 2. The second-order valence-corrected chi connectivity index (χ2v) is 6.19. The van der Waals surface area contributed by atoms with Crippen LogP contribution in [0.4, 0.5) is 0 Å². The van der Waals surface area contributed by atoms with E-state index in [1.165, 1.54) is 0 Å². The Morgan fingerprint density at radius 2 is 1.65 bits per heavy atom. The molecule has 4 nitrogen and oxygen atoms in total. The van der Waals surface area contributed by atoms with Gasteiger partial charge in [-0.05, 0) is 25.0 Å². The fourth-order valence-electron chi connectivity index (χ4n) is 3.51. The number of β-amino-alcohol motifs (C(OH)–C–C–N with tert-alkyl or cyclic N) is 1. The topological polar surface area (TPSA) is 49.8 Å². The van der Waals surface area contributed by atoms with Crippen molar-refractivity contribution in [2.24, 2.45) is 0 Å². The van der Waals surface area contributed by atoms with Gasteiger partial charge in [0.25, 0.3) is 0 Å². The Labute approximate surface area is 135 Å². The van der Waals surface area contributed by atoms with Crippen LogP contribution in [0.15, 0.2) is 48.5 Å². The lowest BCUT2D eigenvalue weighted by Gasteiger charge is -2.35. The Morgan fingerprint density at radius 1 is 1.04 bits per heavy atom. The Kier molecular flexibility index (Phi) is 3.54. The molecule has 1 atom stereocenters. The van der Waals surface area contributed by atoms with E-state index in [4.69, 9.17) is 4.74 Å². The second kappa shape index (κ2) is 5.70. The number of para-hydroxylation sites is 2. The summed E-state index contributed by atoms with van der Waals surface area (Å²) in [5.41, 5.74) is 1.80. The van der Waals surface area contributed by atoms with Crippen LogP contribution in [-0.2, 0) is 4.79 Å². The van der Waals surface area contributed by atoms with Crippen LogP contribution in [0.2, 0.25) is 0 Å². The van der Waals surface area contributed by atoms with E-state index in [1.807, 2.05) is 48.5 Å². The van der Waals surface area contributed by atoms with Crippen molar-refractivity contribution in [2.45, 2.75) is 24.9 Å². The van der Waals surface area contributed by atoms with Gasteiger partial charge < -0.3 is 14.7 Å².